The van der Waals surface area contributed by atoms with Gasteiger partial charge in [-0.2, -0.15) is 0 Å². The van der Waals surface area contributed by atoms with Crippen molar-refractivity contribution < 1.29 is 4.74 Å². The van der Waals surface area contributed by atoms with Gasteiger partial charge in [0.2, 0.25) is 0 Å². The summed E-state index contributed by atoms with van der Waals surface area (Å²) in [5.74, 6) is 0. The van der Waals surface area contributed by atoms with Gasteiger partial charge in [0.05, 0.1) is 19.3 Å². The minimum atomic E-state index is 0.460. The molecule has 1 atom stereocenters. The maximum atomic E-state index is 6.22. The van der Waals surface area contributed by atoms with E-state index in [0.717, 1.165) is 43.8 Å². The Morgan fingerprint density at radius 1 is 1.40 bits per heavy atom. The summed E-state index contributed by atoms with van der Waals surface area (Å²) < 4.78 is 5.61. The maximum absolute atomic E-state index is 6.22. The lowest BCUT2D eigenvalue weighted by Crippen LogP contribution is -2.45. The Balaban J connectivity index is 1.82. The zero-order valence-electron chi connectivity index (χ0n) is 12.1. The van der Waals surface area contributed by atoms with Crippen LogP contribution in [-0.2, 0) is 11.3 Å². The summed E-state index contributed by atoms with van der Waals surface area (Å²) in [5.41, 5.74) is 2.63. The molecule has 0 amide bonds. The molecular formula is C16H23ClN2O. The Labute approximate surface area is 126 Å². The first kappa shape index (κ1) is 14.2. The topological polar surface area (TPSA) is 24.5 Å². The first-order valence-corrected chi connectivity index (χ1v) is 8.02. The number of rotatable bonds is 5. The zero-order valence-corrected chi connectivity index (χ0v) is 12.8. The van der Waals surface area contributed by atoms with Crippen molar-refractivity contribution in [3.05, 3.63) is 28.8 Å². The first-order chi connectivity index (χ1) is 9.78. The Bertz CT molecular complexity index is 462. The standard InChI is InChI=1S/C16H23ClN2O/c1-2-15-11-20-8-7-19(15)16-9-13(17)4-3-12(16)10-18-14-5-6-14/h3-4,9,14-15,18H,2,5-8,10-11H2,1H3. The molecule has 1 unspecified atom stereocenters. The lowest BCUT2D eigenvalue weighted by atomic mass is 10.1. The first-order valence-electron chi connectivity index (χ1n) is 7.64. The monoisotopic (exact) mass is 294 g/mol. The molecule has 110 valence electrons. The van der Waals surface area contributed by atoms with E-state index in [2.05, 4.69) is 29.3 Å². The van der Waals surface area contributed by atoms with Gasteiger partial charge in [-0.1, -0.05) is 24.6 Å². The van der Waals surface area contributed by atoms with E-state index in [1.807, 2.05) is 6.07 Å². The van der Waals surface area contributed by atoms with Crippen LogP contribution in [0.5, 0.6) is 0 Å². The van der Waals surface area contributed by atoms with Crippen molar-refractivity contribution in [1.82, 2.24) is 5.32 Å². The number of morpholine rings is 1. The number of ether oxygens (including phenoxy) is 1. The summed E-state index contributed by atoms with van der Waals surface area (Å²) in [6.07, 6.45) is 3.73. The molecule has 3 nitrogen and oxygen atoms in total. The van der Waals surface area contributed by atoms with Gasteiger partial charge in [0, 0.05) is 29.8 Å². The molecule has 3 rings (SSSR count). The van der Waals surface area contributed by atoms with Crippen LogP contribution in [0.2, 0.25) is 5.02 Å². The predicted octanol–water partition coefficient (Wildman–Crippen LogP) is 3.21. The van der Waals surface area contributed by atoms with E-state index in [1.54, 1.807) is 0 Å². The normalized spacial score (nSPS) is 23.1. The summed E-state index contributed by atoms with van der Waals surface area (Å²) in [4.78, 5) is 2.47. The molecule has 1 aromatic rings. The number of nitrogens with zero attached hydrogens (tertiary/aromatic N) is 1. The highest BCUT2D eigenvalue weighted by Crippen LogP contribution is 2.29. The second kappa shape index (κ2) is 6.33. The minimum Gasteiger partial charge on any atom is -0.377 e. The van der Waals surface area contributed by atoms with Crippen LogP contribution in [-0.4, -0.2) is 31.8 Å². The number of hydrogen-bond acceptors (Lipinski definition) is 3. The lowest BCUT2D eigenvalue weighted by Gasteiger charge is -2.38. The van der Waals surface area contributed by atoms with E-state index in [-0.39, 0.29) is 0 Å². The van der Waals surface area contributed by atoms with Crippen molar-refractivity contribution >= 4 is 17.3 Å². The third kappa shape index (κ3) is 3.27. The lowest BCUT2D eigenvalue weighted by molar-refractivity contribution is 0.0929. The highest BCUT2D eigenvalue weighted by Gasteiger charge is 2.25. The Hall–Kier alpha value is -0.770. The summed E-state index contributed by atoms with van der Waals surface area (Å²) >= 11 is 6.22. The molecule has 1 aliphatic heterocycles. The summed E-state index contributed by atoms with van der Waals surface area (Å²) in [6, 6.07) is 7.46. The number of anilines is 1. The summed E-state index contributed by atoms with van der Waals surface area (Å²) in [6.45, 7) is 5.73. The molecule has 4 heteroatoms. The van der Waals surface area contributed by atoms with E-state index < -0.39 is 0 Å². The van der Waals surface area contributed by atoms with Crippen molar-refractivity contribution in [1.29, 1.82) is 0 Å². The number of benzene rings is 1. The van der Waals surface area contributed by atoms with Crippen molar-refractivity contribution in [2.45, 2.75) is 44.8 Å². The molecule has 0 bridgehead atoms. The summed E-state index contributed by atoms with van der Waals surface area (Å²) in [5, 5.41) is 4.42. The fourth-order valence-electron chi connectivity index (χ4n) is 2.81. The minimum absolute atomic E-state index is 0.460. The molecule has 1 aliphatic carbocycles. The molecule has 20 heavy (non-hydrogen) atoms. The van der Waals surface area contributed by atoms with Crippen LogP contribution in [0.4, 0.5) is 5.69 Å². The Kier molecular flexibility index (Phi) is 4.49. The average molecular weight is 295 g/mol. The highest BCUT2D eigenvalue weighted by molar-refractivity contribution is 6.30. The zero-order chi connectivity index (χ0) is 13.9. The number of halogens is 1. The van der Waals surface area contributed by atoms with Crippen LogP contribution in [0.15, 0.2) is 18.2 Å². The second-order valence-corrected chi connectivity index (χ2v) is 6.20. The molecule has 1 saturated carbocycles. The Morgan fingerprint density at radius 2 is 2.25 bits per heavy atom. The quantitative estimate of drug-likeness (QED) is 0.902. The Morgan fingerprint density at radius 3 is 3.00 bits per heavy atom. The SMILES string of the molecule is CCC1COCCN1c1cc(Cl)ccc1CNC1CC1. The van der Waals surface area contributed by atoms with Gasteiger partial charge < -0.3 is 15.0 Å². The molecule has 0 aromatic heterocycles. The van der Waals surface area contributed by atoms with E-state index in [4.69, 9.17) is 16.3 Å². The van der Waals surface area contributed by atoms with Gasteiger partial charge >= 0.3 is 0 Å². The molecule has 2 fully saturated rings. The van der Waals surface area contributed by atoms with Crippen LogP contribution in [0, 0.1) is 0 Å². The molecule has 1 saturated heterocycles. The van der Waals surface area contributed by atoms with E-state index in [0.29, 0.717) is 6.04 Å². The number of nitrogens with one attached hydrogen (secondary N) is 1. The van der Waals surface area contributed by atoms with E-state index in [1.165, 1.54) is 24.1 Å². The largest absolute Gasteiger partial charge is 0.377 e. The van der Waals surface area contributed by atoms with Crippen molar-refractivity contribution in [3.8, 4) is 0 Å². The third-order valence-corrected chi connectivity index (χ3v) is 4.45. The maximum Gasteiger partial charge on any atom is 0.0670 e. The third-order valence-electron chi connectivity index (χ3n) is 4.21. The van der Waals surface area contributed by atoms with Gasteiger partial charge in [-0.3, -0.25) is 0 Å². The summed E-state index contributed by atoms with van der Waals surface area (Å²) in [7, 11) is 0. The predicted molar refractivity (Wildman–Crippen MR) is 83.6 cm³/mol. The van der Waals surface area contributed by atoms with Gasteiger partial charge in [0.25, 0.3) is 0 Å². The molecule has 0 spiro atoms. The fraction of sp³-hybridized carbons (Fsp3) is 0.625. The van der Waals surface area contributed by atoms with Gasteiger partial charge in [-0.05, 0) is 37.0 Å². The molecule has 1 aromatic carbocycles. The molecule has 1 N–H and O–H groups in total. The van der Waals surface area contributed by atoms with Crippen molar-refractivity contribution in [2.75, 3.05) is 24.7 Å². The number of hydrogen-bond donors (Lipinski definition) is 1. The average Bonchev–Trinajstić information content (AvgIpc) is 3.30. The van der Waals surface area contributed by atoms with Crippen LogP contribution in [0.1, 0.15) is 31.7 Å². The van der Waals surface area contributed by atoms with Crippen LogP contribution in [0.25, 0.3) is 0 Å². The molecule has 0 radical (unpaired) electrons. The molecular weight excluding hydrogens is 272 g/mol. The van der Waals surface area contributed by atoms with Crippen LogP contribution in [0.3, 0.4) is 0 Å². The highest BCUT2D eigenvalue weighted by atomic mass is 35.5. The smallest absolute Gasteiger partial charge is 0.0670 e. The van der Waals surface area contributed by atoms with E-state index in [9.17, 15) is 0 Å². The van der Waals surface area contributed by atoms with Gasteiger partial charge in [0.1, 0.15) is 0 Å². The van der Waals surface area contributed by atoms with Gasteiger partial charge in [-0.15, -0.1) is 0 Å². The van der Waals surface area contributed by atoms with Gasteiger partial charge in [-0.25, -0.2) is 0 Å². The second-order valence-electron chi connectivity index (χ2n) is 5.76. The van der Waals surface area contributed by atoms with Crippen molar-refractivity contribution in [3.63, 3.8) is 0 Å². The van der Waals surface area contributed by atoms with E-state index >= 15 is 0 Å². The van der Waals surface area contributed by atoms with Crippen LogP contribution >= 0.6 is 11.6 Å². The van der Waals surface area contributed by atoms with Gasteiger partial charge in [0.15, 0.2) is 0 Å². The van der Waals surface area contributed by atoms with Crippen molar-refractivity contribution in [2.24, 2.45) is 0 Å². The van der Waals surface area contributed by atoms with Crippen LogP contribution < -0.4 is 10.2 Å². The molecule has 1 heterocycles. The fourth-order valence-corrected chi connectivity index (χ4v) is 2.97. The molecule has 2 aliphatic rings.